The first-order valence-electron chi connectivity index (χ1n) is 7.63. The number of methoxy groups -OCH3 is 1. The lowest BCUT2D eigenvalue weighted by atomic mass is 10.0. The number of nitrogens with zero attached hydrogens (tertiary/aromatic N) is 1. The zero-order chi connectivity index (χ0) is 16.8. The first-order chi connectivity index (χ1) is 11.0. The number of ether oxygens (including phenoxy) is 1. The molecule has 1 aromatic heterocycles. The van der Waals surface area contributed by atoms with Gasteiger partial charge in [-0.1, -0.05) is 13.8 Å². The second-order valence-corrected chi connectivity index (χ2v) is 5.82. The van der Waals surface area contributed by atoms with Crippen LogP contribution in [-0.2, 0) is 9.53 Å². The van der Waals surface area contributed by atoms with Crippen LogP contribution in [0.5, 0.6) is 0 Å². The number of nitrogens with one attached hydrogen (secondary N) is 1. The minimum atomic E-state index is -0.628. The molecule has 0 fully saturated rings. The molecular weight excluding hydrogens is 292 g/mol. The highest BCUT2D eigenvalue weighted by Crippen LogP contribution is 2.12. The predicted octanol–water partition coefficient (Wildman–Crippen LogP) is 2.79. The normalized spacial score (nSPS) is 12.0. The highest BCUT2D eigenvalue weighted by atomic mass is 16.5. The first-order valence-corrected chi connectivity index (χ1v) is 7.63. The van der Waals surface area contributed by atoms with E-state index in [0.29, 0.717) is 12.0 Å². The van der Waals surface area contributed by atoms with E-state index in [-0.39, 0.29) is 11.8 Å². The summed E-state index contributed by atoms with van der Waals surface area (Å²) < 4.78 is 6.72. The van der Waals surface area contributed by atoms with Crippen LogP contribution in [0.15, 0.2) is 48.8 Å². The van der Waals surface area contributed by atoms with E-state index < -0.39 is 12.0 Å². The number of esters is 1. The fourth-order valence-corrected chi connectivity index (χ4v) is 2.36. The maximum absolute atomic E-state index is 12.3. The van der Waals surface area contributed by atoms with E-state index in [1.165, 1.54) is 7.11 Å². The Balaban J connectivity index is 2.08. The minimum Gasteiger partial charge on any atom is -0.467 e. The maximum atomic E-state index is 12.3. The monoisotopic (exact) mass is 314 g/mol. The Morgan fingerprint density at radius 2 is 1.74 bits per heavy atom. The Morgan fingerprint density at radius 1 is 1.13 bits per heavy atom. The van der Waals surface area contributed by atoms with Crippen LogP contribution >= 0.6 is 0 Å². The summed E-state index contributed by atoms with van der Waals surface area (Å²) in [6.45, 7) is 3.99. The Bertz CT molecular complexity index is 645. The number of aromatic nitrogens is 1. The Labute approximate surface area is 136 Å². The SMILES string of the molecule is COC(=O)[C@H](CC(C)C)NC(=O)c1ccc(-n2cccc2)cc1. The smallest absolute Gasteiger partial charge is 0.328 e. The predicted molar refractivity (Wildman–Crippen MR) is 88.5 cm³/mol. The van der Waals surface area contributed by atoms with E-state index in [1.807, 2.05) is 55.1 Å². The molecule has 5 heteroatoms. The molecule has 0 unspecified atom stereocenters. The van der Waals surface area contributed by atoms with Crippen molar-refractivity contribution < 1.29 is 14.3 Å². The molecule has 1 heterocycles. The van der Waals surface area contributed by atoms with Crippen molar-refractivity contribution in [1.82, 2.24) is 9.88 Å². The molecule has 1 amide bonds. The molecule has 0 aliphatic heterocycles. The lowest BCUT2D eigenvalue weighted by molar-refractivity contribution is -0.143. The summed E-state index contributed by atoms with van der Waals surface area (Å²) in [4.78, 5) is 24.1. The van der Waals surface area contributed by atoms with Crippen LogP contribution in [0.25, 0.3) is 5.69 Å². The van der Waals surface area contributed by atoms with Gasteiger partial charge in [0.1, 0.15) is 6.04 Å². The van der Waals surface area contributed by atoms with Crippen LogP contribution in [0.2, 0.25) is 0 Å². The summed E-state index contributed by atoms with van der Waals surface area (Å²) in [7, 11) is 1.33. The van der Waals surface area contributed by atoms with Gasteiger partial charge in [0.2, 0.25) is 0 Å². The van der Waals surface area contributed by atoms with Gasteiger partial charge in [-0.2, -0.15) is 0 Å². The van der Waals surface area contributed by atoms with Crippen molar-refractivity contribution in [2.45, 2.75) is 26.3 Å². The fraction of sp³-hybridized carbons (Fsp3) is 0.333. The lowest BCUT2D eigenvalue weighted by Crippen LogP contribution is -2.42. The third kappa shape index (κ3) is 4.45. The molecule has 1 atom stereocenters. The summed E-state index contributed by atoms with van der Waals surface area (Å²) in [5.74, 6) is -0.424. The van der Waals surface area contributed by atoms with Crippen LogP contribution in [0.4, 0.5) is 0 Å². The molecule has 0 aliphatic carbocycles. The zero-order valence-electron chi connectivity index (χ0n) is 13.7. The van der Waals surface area contributed by atoms with Crippen molar-refractivity contribution in [3.63, 3.8) is 0 Å². The highest BCUT2D eigenvalue weighted by molar-refractivity contribution is 5.96. The van der Waals surface area contributed by atoms with Crippen LogP contribution in [0.1, 0.15) is 30.6 Å². The minimum absolute atomic E-state index is 0.274. The van der Waals surface area contributed by atoms with E-state index in [0.717, 1.165) is 5.69 Å². The third-order valence-electron chi connectivity index (χ3n) is 3.53. The molecule has 2 aromatic rings. The number of rotatable bonds is 6. The van der Waals surface area contributed by atoms with Gasteiger partial charge >= 0.3 is 5.97 Å². The van der Waals surface area contributed by atoms with Gasteiger partial charge < -0.3 is 14.6 Å². The average molecular weight is 314 g/mol. The molecule has 23 heavy (non-hydrogen) atoms. The molecule has 0 aliphatic rings. The molecule has 0 bridgehead atoms. The van der Waals surface area contributed by atoms with Gasteiger partial charge in [0, 0.05) is 23.6 Å². The van der Waals surface area contributed by atoms with Gasteiger partial charge in [-0.25, -0.2) is 4.79 Å². The van der Waals surface area contributed by atoms with Gasteiger partial charge in [-0.15, -0.1) is 0 Å². The average Bonchev–Trinajstić information content (AvgIpc) is 3.07. The van der Waals surface area contributed by atoms with E-state index in [1.54, 1.807) is 12.1 Å². The summed E-state index contributed by atoms with van der Waals surface area (Å²) in [6, 6.07) is 10.5. The van der Waals surface area contributed by atoms with Crippen LogP contribution in [0, 0.1) is 5.92 Å². The van der Waals surface area contributed by atoms with Gasteiger partial charge in [0.05, 0.1) is 7.11 Å². The third-order valence-corrected chi connectivity index (χ3v) is 3.53. The molecule has 1 N–H and O–H groups in total. The summed E-state index contributed by atoms with van der Waals surface area (Å²) in [6.07, 6.45) is 4.41. The number of carbonyl (C=O) groups is 2. The number of amides is 1. The van der Waals surface area contributed by atoms with Crippen LogP contribution < -0.4 is 5.32 Å². The van der Waals surface area contributed by atoms with Crippen LogP contribution in [0.3, 0.4) is 0 Å². The molecule has 2 rings (SSSR count). The van der Waals surface area contributed by atoms with Crippen LogP contribution in [-0.4, -0.2) is 29.6 Å². The van der Waals surface area contributed by atoms with E-state index in [4.69, 9.17) is 4.74 Å². The van der Waals surface area contributed by atoms with E-state index in [9.17, 15) is 9.59 Å². The maximum Gasteiger partial charge on any atom is 0.328 e. The van der Waals surface area contributed by atoms with E-state index in [2.05, 4.69) is 5.32 Å². The Hall–Kier alpha value is -2.56. The Morgan fingerprint density at radius 3 is 2.26 bits per heavy atom. The van der Waals surface area contributed by atoms with Crippen molar-refractivity contribution in [3.8, 4) is 5.69 Å². The number of benzene rings is 1. The summed E-state index contributed by atoms with van der Waals surface area (Å²) in [5, 5.41) is 2.75. The highest BCUT2D eigenvalue weighted by Gasteiger charge is 2.23. The zero-order valence-corrected chi connectivity index (χ0v) is 13.7. The van der Waals surface area contributed by atoms with Gasteiger partial charge in [0.25, 0.3) is 5.91 Å². The van der Waals surface area contributed by atoms with E-state index >= 15 is 0 Å². The molecule has 122 valence electrons. The molecular formula is C18H22N2O3. The molecule has 0 saturated heterocycles. The number of carbonyl (C=O) groups excluding carboxylic acids is 2. The molecule has 0 spiro atoms. The molecule has 0 radical (unpaired) electrons. The summed E-state index contributed by atoms with van der Waals surface area (Å²) in [5.41, 5.74) is 1.48. The van der Waals surface area contributed by atoms with Gasteiger partial charge in [0.15, 0.2) is 0 Å². The first kappa shape index (κ1) is 16.8. The molecule has 0 saturated carbocycles. The topological polar surface area (TPSA) is 60.3 Å². The lowest BCUT2D eigenvalue weighted by Gasteiger charge is -2.18. The van der Waals surface area contributed by atoms with Crippen molar-refractivity contribution >= 4 is 11.9 Å². The fourth-order valence-electron chi connectivity index (χ4n) is 2.36. The van der Waals surface area contributed by atoms with Crippen molar-refractivity contribution in [2.75, 3.05) is 7.11 Å². The van der Waals surface area contributed by atoms with Gasteiger partial charge in [-0.05, 0) is 48.7 Å². The quantitative estimate of drug-likeness (QED) is 0.834. The standard InChI is InChI=1S/C18H22N2O3/c1-13(2)12-16(18(22)23-3)19-17(21)14-6-8-15(9-7-14)20-10-4-5-11-20/h4-11,13,16H,12H2,1-3H3,(H,19,21)/t16-/m0/s1. The molecule has 5 nitrogen and oxygen atoms in total. The Kier molecular flexibility index (Phi) is 5.57. The number of hydrogen-bond acceptors (Lipinski definition) is 3. The van der Waals surface area contributed by atoms with Crippen molar-refractivity contribution in [2.24, 2.45) is 5.92 Å². The second-order valence-electron chi connectivity index (χ2n) is 5.82. The van der Waals surface area contributed by atoms with Crippen molar-refractivity contribution in [1.29, 1.82) is 0 Å². The van der Waals surface area contributed by atoms with Gasteiger partial charge in [-0.3, -0.25) is 4.79 Å². The largest absolute Gasteiger partial charge is 0.467 e. The molecule has 1 aromatic carbocycles. The number of hydrogen-bond donors (Lipinski definition) is 1. The second kappa shape index (κ2) is 7.63. The van der Waals surface area contributed by atoms with Crippen molar-refractivity contribution in [3.05, 3.63) is 54.4 Å². The summed E-state index contributed by atoms with van der Waals surface area (Å²) >= 11 is 0.